The minimum atomic E-state index is -0.0701. The maximum Gasteiger partial charge on any atom is 0.234 e. The first-order valence-electron chi connectivity index (χ1n) is 7.97. The highest BCUT2D eigenvalue weighted by Crippen LogP contribution is 2.61. The lowest BCUT2D eigenvalue weighted by atomic mass is 9.64. The molecule has 0 unspecified atom stereocenters. The molecule has 4 nitrogen and oxygen atoms in total. The molecule has 0 spiro atoms. The third kappa shape index (κ3) is 2.39. The van der Waals surface area contributed by atoms with Crippen LogP contribution in [0.5, 0.6) is 0 Å². The lowest BCUT2D eigenvalue weighted by Gasteiger charge is -2.48. The molecule has 0 aliphatic heterocycles. The molecule has 0 aromatic carbocycles. The Morgan fingerprint density at radius 2 is 2.10 bits per heavy atom. The topological polar surface area (TPSA) is 54.3 Å². The number of furan rings is 1. The van der Waals surface area contributed by atoms with Crippen molar-refractivity contribution in [3.63, 3.8) is 0 Å². The summed E-state index contributed by atoms with van der Waals surface area (Å²) in [5.41, 5.74) is 0.117. The van der Waals surface area contributed by atoms with E-state index in [-0.39, 0.29) is 16.9 Å². The zero-order chi connectivity index (χ0) is 15.1. The molecular weight excluding hydrogens is 264 g/mol. The maximum atomic E-state index is 12.3. The van der Waals surface area contributed by atoms with Crippen molar-refractivity contribution in [2.24, 2.45) is 17.3 Å². The van der Waals surface area contributed by atoms with Crippen molar-refractivity contribution in [2.75, 3.05) is 6.54 Å². The lowest BCUT2D eigenvalue weighted by Crippen LogP contribution is -2.60. The Hall–Kier alpha value is -1.29. The van der Waals surface area contributed by atoms with Gasteiger partial charge in [-0.05, 0) is 55.6 Å². The molecule has 0 saturated heterocycles. The molecule has 1 aromatic heterocycles. The Morgan fingerprint density at radius 1 is 1.33 bits per heavy atom. The van der Waals surface area contributed by atoms with E-state index in [4.69, 9.17) is 4.42 Å². The number of rotatable bonds is 5. The second-order valence-corrected chi connectivity index (χ2v) is 7.36. The first-order chi connectivity index (χ1) is 9.93. The van der Waals surface area contributed by atoms with Gasteiger partial charge < -0.3 is 15.1 Å². The Morgan fingerprint density at radius 3 is 2.71 bits per heavy atom. The van der Waals surface area contributed by atoms with Crippen LogP contribution >= 0.6 is 0 Å². The monoisotopic (exact) mass is 290 g/mol. The Balaban J connectivity index is 1.54. The summed E-state index contributed by atoms with van der Waals surface area (Å²) in [4.78, 5) is 12.3. The third-order valence-electron chi connectivity index (χ3n) is 6.17. The van der Waals surface area contributed by atoms with Gasteiger partial charge in [0, 0.05) is 5.54 Å². The molecule has 1 heterocycles. The molecule has 2 aliphatic rings. The quantitative estimate of drug-likeness (QED) is 0.876. The van der Waals surface area contributed by atoms with Gasteiger partial charge in [-0.15, -0.1) is 0 Å². The molecule has 2 fully saturated rings. The van der Waals surface area contributed by atoms with Gasteiger partial charge in [0.25, 0.3) is 0 Å². The van der Waals surface area contributed by atoms with Crippen molar-refractivity contribution in [3.05, 3.63) is 24.2 Å². The highest BCUT2D eigenvalue weighted by molar-refractivity contribution is 5.79. The Bertz CT molecular complexity index is 509. The molecule has 2 N–H and O–H groups in total. The first kappa shape index (κ1) is 14.6. The zero-order valence-corrected chi connectivity index (χ0v) is 13.2. The van der Waals surface area contributed by atoms with E-state index in [0.29, 0.717) is 19.0 Å². The van der Waals surface area contributed by atoms with Crippen molar-refractivity contribution in [1.29, 1.82) is 0 Å². The minimum absolute atomic E-state index is 0.0701. The van der Waals surface area contributed by atoms with Crippen LogP contribution in [0.25, 0.3) is 0 Å². The third-order valence-corrected chi connectivity index (χ3v) is 6.17. The van der Waals surface area contributed by atoms with Crippen LogP contribution in [0, 0.1) is 17.3 Å². The van der Waals surface area contributed by atoms with Crippen LogP contribution in [-0.2, 0) is 11.3 Å². The van der Waals surface area contributed by atoms with Gasteiger partial charge in [0.05, 0.1) is 19.4 Å². The molecule has 0 radical (unpaired) electrons. The maximum absolute atomic E-state index is 12.3. The number of carbonyl (C=O) groups excluding carboxylic acids is 1. The van der Waals surface area contributed by atoms with E-state index in [1.165, 1.54) is 19.3 Å². The molecule has 21 heavy (non-hydrogen) atoms. The van der Waals surface area contributed by atoms with Gasteiger partial charge in [-0.2, -0.15) is 0 Å². The Kier molecular flexibility index (Phi) is 3.60. The van der Waals surface area contributed by atoms with Gasteiger partial charge in [-0.25, -0.2) is 0 Å². The van der Waals surface area contributed by atoms with Gasteiger partial charge in [-0.3, -0.25) is 4.79 Å². The van der Waals surface area contributed by atoms with Crippen molar-refractivity contribution in [2.45, 2.75) is 52.1 Å². The van der Waals surface area contributed by atoms with Crippen LogP contribution in [0.3, 0.4) is 0 Å². The lowest BCUT2D eigenvalue weighted by molar-refractivity contribution is -0.124. The van der Waals surface area contributed by atoms with Crippen LogP contribution in [0.1, 0.15) is 45.8 Å². The van der Waals surface area contributed by atoms with E-state index in [0.717, 1.165) is 11.7 Å². The fraction of sp³-hybridized carbons (Fsp3) is 0.706. The van der Waals surface area contributed by atoms with Crippen molar-refractivity contribution >= 4 is 5.91 Å². The SMILES string of the molecule is CC1(C)[C@H]2CC[C@H](C2)[C@@]1(C)NC(=O)CNCc1ccco1. The van der Waals surface area contributed by atoms with Gasteiger partial charge in [0.2, 0.25) is 5.91 Å². The molecular formula is C17H26N2O2. The van der Waals surface area contributed by atoms with E-state index in [9.17, 15) is 4.79 Å². The fourth-order valence-electron chi connectivity index (χ4n) is 4.42. The number of fused-ring (bicyclic) bond motifs is 2. The second-order valence-electron chi connectivity index (χ2n) is 7.36. The molecule has 1 amide bonds. The molecule has 2 saturated carbocycles. The summed E-state index contributed by atoms with van der Waals surface area (Å²) < 4.78 is 5.25. The van der Waals surface area contributed by atoms with E-state index < -0.39 is 0 Å². The van der Waals surface area contributed by atoms with Gasteiger partial charge in [0.15, 0.2) is 0 Å². The number of hydrogen-bond acceptors (Lipinski definition) is 3. The average molecular weight is 290 g/mol. The first-order valence-corrected chi connectivity index (χ1v) is 7.97. The van der Waals surface area contributed by atoms with E-state index in [2.05, 4.69) is 31.4 Å². The van der Waals surface area contributed by atoms with Crippen LogP contribution < -0.4 is 10.6 Å². The predicted molar refractivity (Wildman–Crippen MR) is 81.6 cm³/mol. The molecule has 3 atom stereocenters. The number of hydrogen-bond donors (Lipinski definition) is 2. The summed E-state index contributed by atoms with van der Waals surface area (Å²) in [6.45, 7) is 7.79. The summed E-state index contributed by atoms with van der Waals surface area (Å²) in [6.07, 6.45) is 5.49. The van der Waals surface area contributed by atoms with E-state index >= 15 is 0 Å². The highest BCUT2D eigenvalue weighted by atomic mass is 16.3. The molecule has 3 rings (SSSR count). The van der Waals surface area contributed by atoms with Gasteiger partial charge >= 0.3 is 0 Å². The van der Waals surface area contributed by atoms with Crippen molar-refractivity contribution in [1.82, 2.24) is 10.6 Å². The van der Waals surface area contributed by atoms with Crippen LogP contribution in [-0.4, -0.2) is 18.0 Å². The molecule has 116 valence electrons. The molecule has 2 bridgehead atoms. The van der Waals surface area contributed by atoms with Crippen molar-refractivity contribution < 1.29 is 9.21 Å². The normalized spacial score (nSPS) is 33.3. The van der Waals surface area contributed by atoms with Crippen LogP contribution in [0.4, 0.5) is 0 Å². The smallest absolute Gasteiger partial charge is 0.234 e. The second kappa shape index (κ2) is 5.16. The zero-order valence-electron chi connectivity index (χ0n) is 13.2. The predicted octanol–water partition coefficient (Wildman–Crippen LogP) is 2.70. The van der Waals surface area contributed by atoms with Gasteiger partial charge in [0.1, 0.15) is 5.76 Å². The molecule has 4 heteroatoms. The summed E-state index contributed by atoms with van der Waals surface area (Å²) in [7, 11) is 0. The minimum Gasteiger partial charge on any atom is -0.468 e. The van der Waals surface area contributed by atoms with Crippen LogP contribution in [0.2, 0.25) is 0 Å². The van der Waals surface area contributed by atoms with E-state index in [1.54, 1.807) is 6.26 Å². The van der Waals surface area contributed by atoms with Gasteiger partial charge in [-0.1, -0.05) is 13.8 Å². The number of nitrogens with one attached hydrogen (secondary N) is 2. The standard InChI is InChI=1S/C17H26N2O2/c1-16(2)12-6-7-13(9-12)17(16,3)19-15(20)11-18-10-14-5-4-8-21-14/h4-5,8,12-13,18H,6-7,9-11H2,1-3H3,(H,19,20)/t12-,13+,17+/m0/s1. The van der Waals surface area contributed by atoms with E-state index in [1.807, 2.05) is 12.1 Å². The van der Waals surface area contributed by atoms with Crippen molar-refractivity contribution in [3.8, 4) is 0 Å². The van der Waals surface area contributed by atoms with Crippen LogP contribution in [0.15, 0.2) is 22.8 Å². The largest absolute Gasteiger partial charge is 0.468 e. The summed E-state index contributed by atoms with van der Waals surface area (Å²) in [5.74, 6) is 2.33. The summed E-state index contributed by atoms with van der Waals surface area (Å²) >= 11 is 0. The summed E-state index contributed by atoms with van der Waals surface area (Å²) in [6, 6.07) is 3.77. The molecule has 2 aliphatic carbocycles. The number of carbonyl (C=O) groups is 1. The molecule has 1 aromatic rings. The highest BCUT2D eigenvalue weighted by Gasteiger charge is 2.60. The average Bonchev–Trinajstić information content (AvgIpc) is 3.11. The summed E-state index contributed by atoms with van der Waals surface area (Å²) in [5, 5.41) is 6.47. The fourth-order valence-corrected chi connectivity index (χ4v) is 4.42. The number of amides is 1. The Labute approximate surface area is 126 Å².